The van der Waals surface area contributed by atoms with E-state index in [9.17, 15) is 0 Å². The van der Waals surface area contributed by atoms with Crippen molar-refractivity contribution in [2.45, 2.75) is 57.8 Å². The Morgan fingerprint density at radius 2 is 1.92 bits per heavy atom. The van der Waals surface area contributed by atoms with E-state index in [1.165, 1.54) is 25.7 Å². The molecule has 1 aliphatic rings. The molecule has 1 saturated carbocycles. The summed E-state index contributed by atoms with van der Waals surface area (Å²) >= 11 is 0. The minimum Gasteiger partial charge on any atom is -0.374 e. The zero-order valence-electron chi connectivity index (χ0n) is 8.47. The van der Waals surface area contributed by atoms with Crippen LogP contribution in [0.4, 0.5) is 0 Å². The van der Waals surface area contributed by atoms with Crippen molar-refractivity contribution in [2.24, 2.45) is 0 Å². The molecule has 2 nitrogen and oxygen atoms in total. The number of likely N-dealkylation sites (N-methyl/N-ethyl adjacent to an activating group) is 1. The third-order valence-corrected chi connectivity index (χ3v) is 2.52. The second kappa shape index (κ2) is 4.83. The van der Waals surface area contributed by atoms with Gasteiger partial charge in [0, 0.05) is 6.04 Å². The van der Waals surface area contributed by atoms with Crippen molar-refractivity contribution in [3.63, 3.8) is 0 Å². The summed E-state index contributed by atoms with van der Waals surface area (Å²) in [6.45, 7) is 4.22. The van der Waals surface area contributed by atoms with Gasteiger partial charge in [0.1, 0.15) is 0 Å². The number of rotatable bonds is 3. The highest BCUT2D eigenvalue weighted by molar-refractivity contribution is 4.80. The fourth-order valence-corrected chi connectivity index (χ4v) is 1.94. The lowest BCUT2D eigenvalue weighted by molar-refractivity contribution is -0.0292. The largest absolute Gasteiger partial charge is 0.374 e. The molecule has 12 heavy (non-hydrogen) atoms. The van der Waals surface area contributed by atoms with Crippen LogP contribution in [-0.2, 0) is 4.74 Å². The fraction of sp³-hybridized carbons (Fsp3) is 1.00. The summed E-state index contributed by atoms with van der Waals surface area (Å²) < 4.78 is 5.83. The van der Waals surface area contributed by atoms with Gasteiger partial charge in [0.2, 0.25) is 0 Å². The normalized spacial score (nSPS) is 31.0. The van der Waals surface area contributed by atoms with E-state index < -0.39 is 0 Å². The Labute approximate surface area is 75.7 Å². The van der Waals surface area contributed by atoms with Crippen LogP contribution < -0.4 is 5.32 Å². The van der Waals surface area contributed by atoms with E-state index in [2.05, 4.69) is 19.2 Å². The lowest BCUT2D eigenvalue weighted by Gasteiger charge is -2.32. The van der Waals surface area contributed by atoms with Gasteiger partial charge in [0.25, 0.3) is 0 Å². The molecule has 0 aromatic heterocycles. The summed E-state index contributed by atoms with van der Waals surface area (Å²) in [4.78, 5) is 0. The molecule has 0 aromatic rings. The molecule has 2 atom stereocenters. The molecule has 72 valence electrons. The van der Waals surface area contributed by atoms with Crippen LogP contribution in [-0.4, -0.2) is 25.3 Å². The van der Waals surface area contributed by atoms with Gasteiger partial charge >= 0.3 is 0 Å². The standard InChI is InChI=1S/C10H21NO/c1-8(2)12-10-7-5-4-6-9(10)11-3/h8-11H,4-7H2,1-3H3/t9-,10+/m1/s1. The van der Waals surface area contributed by atoms with E-state index in [1.807, 2.05) is 7.05 Å². The molecule has 2 heteroatoms. The molecule has 0 aromatic carbocycles. The van der Waals surface area contributed by atoms with Crippen molar-refractivity contribution in [3.05, 3.63) is 0 Å². The summed E-state index contributed by atoms with van der Waals surface area (Å²) in [6.07, 6.45) is 5.99. The van der Waals surface area contributed by atoms with Crippen LogP contribution in [0, 0.1) is 0 Å². The minimum atomic E-state index is 0.365. The van der Waals surface area contributed by atoms with Crippen LogP contribution in [0.25, 0.3) is 0 Å². The lowest BCUT2D eigenvalue weighted by atomic mass is 9.92. The third-order valence-electron chi connectivity index (χ3n) is 2.52. The molecule has 1 fully saturated rings. The van der Waals surface area contributed by atoms with Gasteiger partial charge in [-0.3, -0.25) is 0 Å². The topological polar surface area (TPSA) is 21.3 Å². The molecule has 0 amide bonds. The summed E-state index contributed by atoms with van der Waals surface area (Å²) in [7, 11) is 2.03. The SMILES string of the molecule is CN[C@@H]1CCCC[C@@H]1OC(C)C. The first-order valence-electron chi connectivity index (χ1n) is 5.06. The summed E-state index contributed by atoms with van der Waals surface area (Å²) in [5.41, 5.74) is 0. The second-order valence-electron chi connectivity index (χ2n) is 3.90. The second-order valence-corrected chi connectivity index (χ2v) is 3.90. The molecule has 0 saturated heterocycles. The van der Waals surface area contributed by atoms with E-state index in [0.29, 0.717) is 18.2 Å². The third kappa shape index (κ3) is 2.76. The van der Waals surface area contributed by atoms with E-state index in [0.717, 1.165) is 0 Å². The van der Waals surface area contributed by atoms with Gasteiger partial charge in [-0.05, 0) is 33.7 Å². The van der Waals surface area contributed by atoms with Crippen LogP contribution in [0.5, 0.6) is 0 Å². The maximum absolute atomic E-state index is 5.83. The van der Waals surface area contributed by atoms with Gasteiger partial charge in [-0.25, -0.2) is 0 Å². The van der Waals surface area contributed by atoms with Crippen LogP contribution in [0.3, 0.4) is 0 Å². The zero-order chi connectivity index (χ0) is 8.97. The van der Waals surface area contributed by atoms with Crippen molar-refractivity contribution in [1.29, 1.82) is 0 Å². The first-order chi connectivity index (χ1) is 5.74. The highest BCUT2D eigenvalue weighted by atomic mass is 16.5. The molecular formula is C10H21NO. The molecule has 0 aliphatic heterocycles. The number of nitrogens with one attached hydrogen (secondary N) is 1. The highest BCUT2D eigenvalue weighted by Crippen LogP contribution is 2.21. The van der Waals surface area contributed by atoms with Crippen molar-refractivity contribution in [1.82, 2.24) is 5.32 Å². The van der Waals surface area contributed by atoms with E-state index >= 15 is 0 Å². The van der Waals surface area contributed by atoms with Gasteiger partial charge in [0.15, 0.2) is 0 Å². The van der Waals surface area contributed by atoms with E-state index in [1.54, 1.807) is 0 Å². The molecule has 1 N–H and O–H groups in total. The van der Waals surface area contributed by atoms with Crippen molar-refractivity contribution in [2.75, 3.05) is 7.05 Å². The predicted molar refractivity (Wildman–Crippen MR) is 51.3 cm³/mol. The smallest absolute Gasteiger partial charge is 0.0731 e. The predicted octanol–water partition coefficient (Wildman–Crippen LogP) is 1.94. The summed E-state index contributed by atoms with van der Waals surface area (Å²) in [6, 6.07) is 0.584. The van der Waals surface area contributed by atoms with E-state index in [-0.39, 0.29) is 0 Å². The van der Waals surface area contributed by atoms with Gasteiger partial charge < -0.3 is 10.1 Å². The maximum Gasteiger partial charge on any atom is 0.0731 e. The first-order valence-corrected chi connectivity index (χ1v) is 5.06. The molecule has 0 heterocycles. The van der Waals surface area contributed by atoms with Gasteiger partial charge in [0.05, 0.1) is 12.2 Å². The highest BCUT2D eigenvalue weighted by Gasteiger charge is 2.24. The maximum atomic E-state index is 5.83. The summed E-state index contributed by atoms with van der Waals surface area (Å²) in [5.74, 6) is 0. The van der Waals surface area contributed by atoms with Crippen molar-refractivity contribution in [3.8, 4) is 0 Å². The summed E-state index contributed by atoms with van der Waals surface area (Å²) in [5, 5.41) is 3.33. The molecule has 0 bridgehead atoms. The van der Waals surface area contributed by atoms with Gasteiger partial charge in [-0.2, -0.15) is 0 Å². The Hall–Kier alpha value is -0.0800. The lowest BCUT2D eigenvalue weighted by Crippen LogP contribution is -2.42. The Bertz CT molecular complexity index is 125. The van der Waals surface area contributed by atoms with Crippen LogP contribution >= 0.6 is 0 Å². The number of hydrogen-bond acceptors (Lipinski definition) is 2. The minimum absolute atomic E-state index is 0.365. The van der Waals surface area contributed by atoms with E-state index in [4.69, 9.17) is 4.74 Å². The number of hydrogen-bond donors (Lipinski definition) is 1. The molecule has 1 rings (SSSR count). The quantitative estimate of drug-likeness (QED) is 0.700. The zero-order valence-corrected chi connectivity index (χ0v) is 8.47. The Kier molecular flexibility index (Phi) is 4.02. The molecule has 1 aliphatic carbocycles. The Morgan fingerprint density at radius 3 is 2.50 bits per heavy atom. The molecule has 0 radical (unpaired) electrons. The average molecular weight is 171 g/mol. The monoisotopic (exact) mass is 171 g/mol. The fourth-order valence-electron chi connectivity index (χ4n) is 1.94. The van der Waals surface area contributed by atoms with Crippen molar-refractivity contribution < 1.29 is 4.74 Å². The molecule has 0 spiro atoms. The van der Waals surface area contributed by atoms with Crippen LogP contribution in [0.2, 0.25) is 0 Å². The molecular weight excluding hydrogens is 150 g/mol. The Balaban J connectivity index is 2.36. The number of ether oxygens (including phenoxy) is 1. The molecule has 0 unspecified atom stereocenters. The Morgan fingerprint density at radius 1 is 1.25 bits per heavy atom. The van der Waals surface area contributed by atoms with Gasteiger partial charge in [-0.1, -0.05) is 12.8 Å². The average Bonchev–Trinajstić information content (AvgIpc) is 2.04. The van der Waals surface area contributed by atoms with Crippen LogP contribution in [0.1, 0.15) is 39.5 Å². The van der Waals surface area contributed by atoms with Gasteiger partial charge in [-0.15, -0.1) is 0 Å². The van der Waals surface area contributed by atoms with Crippen LogP contribution in [0.15, 0.2) is 0 Å². The van der Waals surface area contributed by atoms with Crippen molar-refractivity contribution >= 4 is 0 Å². The first kappa shape index (κ1) is 10.0.